The Labute approximate surface area is 535 Å². The molecule has 4 N–H and O–H groups in total. The Bertz CT molecular complexity index is 3540. The number of fused-ring (bicyclic) bond motifs is 5. The standard InChI is InChI=1S/C66H81Cl2FN12O9/c1-9-89-56-38-46(64(3,4)5)14-20-51(56)60-75-65(6,44-10-15-47(67)16-11-44)66(7,45-12-17-48(68)18-13-45)81(60)63(84)79-27-25-78(26-28-79)29-31-86-33-35-88-37-36-87-34-32-85-30-22-57(82)72-23-24-80-55(40-70)58-53-41-73-59(71)61(74-53)90-43(2)52-39-49(69)19-21-50(52)62(83)77(8)42-54(58)76-80/h10-21,38-39,41,43,63,84H,9,22-37,42H2,1-8H3,(H2,71,73)(H,72,82)/t43-,63?,65-,66+/m1/s1. The molecule has 0 saturated carbocycles. The lowest BCUT2D eigenvalue weighted by atomic mass is 9.71. The number of nitrogens with zero attached hydrogens (tertiary/aromatic N) is 10. The Morgan fingerprint density at radius 1 is 0.878 bits per heavy atom. The highest BCUT2D eigenvalue weighted by molar-refractivity contribution is 6.30. The highest BCUT2D eigenvalue weighted by Crippen LogP contribution is 2.55. The molecule has 2 bridgehead atoms. The quantitative estimate of drug-likeness (QED) is 0.0454. The minimum atomic E-state index is -1.07. The molecule has 0 aliphatic carbocycles. The predicted molar refractivity (Wildman–Crippen MR) is 341 cm³/mol. The van der Waals surface area contributed by atoms with E-state index in [1.165, 1.54) is 34.0 Å². The van der Waals surface area contributed by atoms with E-state index >= 15 is 0 Å². The molecule has 6 aromatic rings. The zero-order valence-corrected chi connectivity index (χ0v) is 54.0. The van der Waals surface area contributed by atoms with Gasteiger partial charge in [-0.15, -0.1) is 0 Å². The van der Waals surface area contributed by atoms with Gasteiger partial charge in [-0.1, -0.05) is 74.3 Å². The Hall–Kier alpha value is -7.30. The summed E-state index contributed by atoms with van der Waals surface area (Å²) >= 11 is 13.0. The summed E-state index contributed by atoms with van der Waals surface area (Å²) in [5.74, 6) is 0.0229. The van der Waals surface area contributed by atoms with Crippen molar-refractivity contribution in [3.63, 3.8) is 0 Å². The molecular formula is C66H81Cl2FN12O9. The van der Waals surface area contributed by atoms with Crippen molar-refractivity contribution in [1.29, 1.82) is 5.26 Å². The SMILES string of the molecule is CCOc1cc(C(C)(C)C)ccc1C1=N[C@](C)(c2ccc(Cl)cc2)[C@](C)(c2ccc(Cl)cc2)N1C(O)N1CCN(CCOCCOCCOCCOCCC(=O)NCCn2nc3c(c2C#N)-c2cnc(N)c(n2)O[C@H](C)c2cc(F)ccc2C(=O)N(C)C3)CC1. The summed E-state index contributed by atoms with van der Waals surface area (Å²) < 4.78 is 51.3. The van der Waals surface area contributed by atoms with E-state index < -0.39 is 35.3 Å². The Kier molecular flexibility index (Phi) is 22.2. The molecule has 24 heteroatoms. The molecule has 2 amide bonds. The van der Waals surface area contributed by atoms with Gasteiger partial charge >= 0.3 is 0 Å². The Morgan fingerprint density at radius 3 is 2.13 bits per heavy atom. The van der Waals surface area contributed by atoms with Crippen LogP contribution in [0.3, 0.4) is 0 Å². The van der Waals surface area contributed by atoms with Gasteiger partial charge in [0.05, 0.1) is 107 Å². The van der Waals surface area contributed by atoms with Gasteiger partial charge < -0.3 is 54.4 Å². The summed E-state index contributed by atoms with van der Waals surface area (Å²) in [5, 5.41) is 32.0. The van der Waals surface area contributed by atoms with E-state index in [0.717, 1.165) is 41.9 Å². The number of piperazine rings is 1. The summed E-state index contributed by atoms with van der Waals surface area (Å²) in [5.41, 5.74) is 9.51. The number of nitrogens with one attached hydrogen (secondary N) is 1. The van der Waals surface area contributed by atoms with Crippen LogP contribution in [0.5, 0.6) is 11.6 Å². The van der Waals surface area contributed by atoms with Crippen LogP contribution in [0.15, 0.2) is 96.1 Å². The maximum atomic E-state index is 14.4. The van der Waals surface area contributed by atoms with Crippen LogP contribution in [0.1, 0.15) is 111 Å². The first-order valence-corrected chi connectivity index (χ1v) is 31.2. The fraction of sp³-hybridized carbons (Fsp3) is 0.470. The molecule has 1 fully saturated rings. The first-order valence-electron chi connectivity index (χ1n) is 30.4. The highest BCUT2D eigenvalue weighted by atomic mass is 35.5. The van der Waals surface area contributed by atoms with Crippen LogP contribution in [-0.4, -0.2) is 174 Å². The molecule has 0 radical (unpaired) electrons. The van der Waals surface area contributed by atoms with Gasteiger partial charge in [-0.05, 0) is 104 Å². The lowest BCUT2D eigenvalue weighted by Crippen LogP contribution is -2.63. The second-order valence-electron chi connectivity index (χ2n) is 23.7. The Balaban J connectivity index is 0.682. The first-order chi connectivity index (χ1) is 43.1. The number of halogens is 3. The van der Waals surface area contributed by atoms with Crippen molar-refractivity contribution in [3.05, 3.63) is 152 Å². The highest BCUT2D eigenvalue weighted by Gasteiger charge is 2.60. The maximum Gasteiger partial charge on any atom is 0.258 e. The average molecular weight is 1280 g/mol. The van der Waals surface area contributed by atoms with Crippen LogP contribution >= 0.6 is 23.2 Å². The monoisotopic (exact) mass is 1270 g/mol. The smallest absolute Gasteiger partial charge is 0.258 e. The lowest BCUT2D eigenvalue weighted by Gasteiger charge is -2.51. The van der Waals surface area contributed by atoms with E-state index in [-0.39, 0.29) is 79.2 Å². The fourth-order valence-electron chi connectivity index (χ4n) is 11.6. The molecule has 90 heavy (non-hydrogen) atoms. The van der Waals surface area contributed by atoms with E-state index in [0.29, 0.717) is 97.8 Å². The minimum Gasteiger partial charge on any atom is -0.493 e. The van der Waals surface area contributed by atoms with Gasteiger partial charge in [-0.25, -0.2) is 14.4 Å². The normalized spacial score (nSPS) is 19.3. The zero-order valence-electron chi connectivity index (χ0n) is 52.4. The number of aromatic nitrogens is 4. The molecule has 3 aliphatic rings. The summed E-state index contributed by atoms with van der Waals surface area (Å²) in [4.78, 5) is 48.9. The summed E-state index contributed by atoms with van der Waals surface area (Å²) in [6.45, 7) is 21.4. The van der Waals surface area contributed by atoms with Crippen molar-refractivity contribution < 1.29 is 47.5 Å². The third-order valence-electron chi connectivity index (χ3n) is 16.8. The zero-order chi connectivity index (χ0) is 64.3. The largest absolute Gasteiger partial charge is 0.493 e. The Morgan fingerprint density at radius 2 is 1.50 bits per heavy atom. The number of nitrogens with two attached hydrogens (primary N) is 1. The summed E-state index contributed by atoms with van der Waals surface area (Å²) in [6.07, 6.45) is -0.412. The second kappa shape index (κ2) is 29.8. The lowest BCUT2D eigenvalue weighted by molar-refractivity contribution is -0.136. The number of anilines is 1. The van der Waals surface area contributed by atoms with Crippen LogP contribution in [0.25, 0.3) is 11.3 Å². The number of aliphatic hydroxyl groups is 1. The van der Waals surface area contributed by atoms with E-state index in [1.54, 1.807) is 14.0 Å². The van der Waals surface area contributed by atoms with Crippen molar-refractivity contribution in [3.8, 4) is 29.0 Å². The first kappa shape index (κ1) is 67.1. The molecule has 3 aliphatic heterocycles. The van der Waals surface area contributed by atoms with Crippen LogP contribution in [0.4, 0.5) is 10.2 Å². The molecule has 1 unspecified atom stereocenters. The molecule has 480 valence electrons. The number of amides is 2. The third kappa shape index (κ3) is 15.2. The van der Waals surface area contributed by atoms with Gasteiger partial charge in [-0.2, -0.15) is 10.4 Å². The maximum absolute atomic E-state index is 14.4. The van der Waals surface area contributed by atoms with Crippen LogP contribution < -0.4 is 20.5 Å². The molecule has 2 aromatic heterocycles. The van der Waals surface area contributed by atoms with Crippen molar-refractivity contribution in [2.45, 2.75) is 96.9 Å². The number of nitrogen functional groups attached to an aromatic ring is 1. The van der Waals surface area contributed by atoms with Crippen LogP contribution in [-0.2, 0) is 53.3 Å². The number of hydrogen-bond acceptors (Lipinski definition) is 18. The molecule has 4 atom stereocenters. The third-order valence-corrected chi connectivity index (χ3v) is 17.3. The number of nitriles is 1. The second-order valence-corrected chi connectivity index (χ2v) is 24.6. The topological polar surface area (TPSA) is 241 Å². The van der Waals surface area contributed by atoms with Gasteiger partial charge in [0.1, 0.15) is 40.8 Å². The van der Waals surface area contributed by atoms with Crippen molar-refractivity contribution >= 4 is 46.7 Å². The number of ether oxygens (including phenoxy) is 6. The minimum absolute atomic E-state index is 0.0259. The number of aliphatic imine (C=N–C) groups is 1. The van der Waals surface area contributed by atoms with Crippen LogP contribution in [0, 0.1) is 17.1 Å². The number of aliphatic hydroxyl groups excluding tert-OH is 1. The molecule has 9 rings (SSSR count). The number of hydrogen-bond donors (Lipinski definition) is 3. The number of carbonyl (C=O) groups is 2. The van der Waals surface area contributed by atoms with Gasteiger partial charge in [-0.3, -0.25) is 29.1 Å². The molecule has 21 nitrogen and oxygen atoms in total. The van der Waals surface area contributed by atoms with E-state index in [4.69, 9.17) is 62.3 Å². The van der Waals surface area contributed by atoms with Gasteiger partial charge in [0.15, 0.2) is 12.2 Å². The van der Waals surface area contributed by atoms with Gasteiger partial charge in [0, 0.05) is 73.9 Å². The van der Waals surface area contributed by atoms with Crippen molar-refractivity contribution in [2.24, 2.45) is 4.99 Å². The number of benzene rings is 4. The van der Waals surface area contributed by atoms with Crippen molar-refractivity contribution in [2.75, 3.05) is 112 Å². The van der Waals surface area contributed by atoms with Crippen LogP contribution in [0.2, 0.25) is 10.0 Å². The van der Waals surface area contributed by atoms with E-state index in [9.17, 15) is 24.3 Å². The number of amidine groups is 1. The van der Waals surface area contributed by atoms with Gasteiger partial charge in [0.2, 0.25) is 5.91 Å². The molecule has 0 spiro atoms. The molecule has 5 heterocycles. The average Bonchev–Trinajstić information content (AvgIpc) is 1.53. The number of carbonyl (C=O) groups excluding carboxylic acids is 2. The number of rotatable bonds is 25. The molecular weight excluding hydrogens is 1190 g/mol. The summed E-state index contributed by atoms with van der Waals surface area (Å²) in [7, 11) is 1.58. The van der Waals surface area contributed by atoms with E-state index in [1.807, 2.05) is 55.5 Å². The van der Waals surface area contributed by atoms with E-state index in [2.05, 4.69) is 94.0 Å². The summed E-state index contributed by atoms with van der Waals surface area (Å²) in [6, 6.07) is 27.9. The molecule has 1 saturated heterocycles. The molecule has 4 aromatic carbocycles. The fourth-order valence-corrected chi connectivity index (χ4v) is 11.8. The van der Waals surface area contributed by atoms with Crippen molar-refractivity contribution in [1.82, 2.24) is 44.7 Å². The van der Waals surface area contributed by atoms with Gasteiger partial charge in [0.25, 0.3) is 11.8 Å². The predicted octanol–water partition coefficient (Wildman–Crippen LogP) is 8.72.